The lowest BCUT2D eigenvalue weighted by atomic mass is 10.1. The molecule has 0 radical (unpaired) electrons. The Kier molecular flexibility index (Phi) is 3.82. The maximum atomic E-state index is 9.16. The third-order valence-electron chi connectivity index (χ3n) is 3.09. The molecule has 84 valence electrons. The van der Waals surface area contributed by atoms with Crippen molar-refractivity contribution >= 4 is 11.6 Å². The van der Waals surface area contributed by atoms with Crippen LogP contribution in [-0.4, -0.2) is 6.04 Å². The van der Waals surface area contributed by atoms with Gasteiger partial charge in [-0.1, -0.05) is 36.6 Å². The minimum Gasteiger partial charge on any atom is -0.295 e. The van der Waals surface area contributed by atoms with Crippen molar-refractivity contribution < 1.29 is 0 Å². The molecule has 3 heteroatoms. The molecule has 1 aromatic rings. The predicted octanol–water partition coefficient (Wildman–Crippen LogP) is 3.44. The SMILES string of the molecule is N#CC(NC1CCCC1)c1ccc(Cl)cc1. The van der Waals surface area contributed by atoms with Crippen molar-refractivity contribution in [2.75, 3.05) is 0 Å². The number of benzene rings is 1. The zero-order valence-corrected chi connectivity index (χ0v) is 9.87. The lowest BCUT2D eigenvalue weighted by Crippen LogP contribution is -2.29. The average molecular weight is 235 g/mol. The van der Waals surface area contributed by atoms with Gasteiger partial charge in [-0.2, -0.15) is 5.26 Å². The fourth-order valence-corrected chi connectivity index (χ4v) is 2.32. The third-order valence-corrected chi connectivity index (χ3v) is 3.34. The van der Waals surface area contributed by atoms with Crippen LogP contribution in [0.1, 0.15) is 37.3 Å². The zero-order chi connectivity index (χ0) is 11.4. The van der Waals surface area contributed by atoms with E-state index in [0.717, 1.165) is 5.56 Å². The fourth-order valence-electron chi connectivity index (χ4n) is 2.19. The molecule has 1 unspecified atom stereocenters. The van der Waals surface area contributed by atoms with Crippen molar-refractivity contribution in [2.45, 2.75) is 37.8 Å². The molecule has 1 aliphatic rings. The van der Waals surface area contributed by atoms with Gasteiger partial charge in [-0.05, 0) is 30.5 Å². The van der Waals surface area contributed by atoms with Gasteiger partial charge in [0.1, 0.15) is 6.04 Å². The van der Waals surface area contributed by atoms with Crippen molar-refractivity contribution in [1.29, 1.82) is 5.26 Å². The van der Waals surface area contributed by atoms with Crippen LogP contribution in [0, 0.1) is 11.3 Å². The molecular weight excluding hydrogens is 220 g/mol. The Hall–Kier alpha value is -1.04. The molecule has 1 aliphatic carbocycles. The number of hydrogen-bond acceptors (Lipinski definition) is 2. The van der Waals surface area contributed by atoms with Crippen LogP contribution < -0.4 is 5.32 Å². The summed E-state index contributed by atoms with van der Waals surface area (Å²) in [6.07, 6.45) is 4.92. The molecule has 0 aliphatic heterocycles. The smallest absolute Gasteiger partial charge is 0.121 e. The lowest BCUT2D eigenvalue weighted by molar-refractivity contribution is 0.492. The molecule has 1 saturated carbocycles. The Morgan fingerprint density at radius 1 is 1.25 bits per heavy atom. The van der Waals surface area contributed by atoms with Crippen LogP contribution in [-0.2, 0) is 0 Å². The summed E-state index contributed by atoms with van der Waals surface area (Å²) in [5, 5.41) is 13.3. The van der Waals surface area contributed by atoms with Gasteiger partial charge in [-0.15, -0.1) is 0 Å². The number of nitriles is 1. The number of rotatable bonds is 3. The maximum absolute atomic E-state index is 9.16. The van der Waals surface area contributed by atoms with Gasteiger partial charge < -0.3 is 0 Å². The summed E-state index contributed by atoms with van der Waals surface area (Å²) in [6.45, 7) is 0. The van der Waals surface area contributed by atoms with Crippen LogP contribution in [0.15, 0.2) is 24.3 Å². The molecule has 1 fully saturated rings. The van der Waals surface area contributed by atoms with Gasteiger partial charge in [-0.3, -0.25) is 5.32 Å². The number of nitrogens with zero attached hydrogens (tertiary/aromatic N) is 1. The molecule has 0 amide bonds. The standard InChI is InChI=1S/C13H15ClN2/c14-11-7-5-10(6-8-11)13(9-15)16-12-3-1-2-4-12/h5-8,12-13,16H,1-4H2. The van der Waals surface area contributed by atoms with E-state index in [1.165, 1.54) is 25.7 Å². The van der Waals surface area contributed by atoms with Crippen molar-refractivity contribution in [2.24, 2.45) is 0 Å². The zero-order valence-electron chi connectivity index (χ0n) is 9.12. The van der Waals surface area contributed by atoms with Gasteiger partial charge in [-0.25, -0.2) is 0 Å². The first-order chi connectivity index (χ1) is 7.79. The lowest BCUT2D eigenvalue weighted by Gasteiger charge is -2.17. The second-order valence-corrected chi connectivity index (χ2v) is 4.70. The Labute approximate surface area is 101 Å². The summed E-state index contributed by atoms with van der Waals surface area (Å²) in [6, 6.07) is 10.1. The molecule has 0 heterocycles. The van der Waals surface area contributed by atoms with Crippen LogP contribution in [0.4, 0.5) is 0 Å². The molecule has 0 bridgehead atoms. The molecule has 0 saturated heterocycles. The normalized spacial score (nSPS) is 18.2. The van der Waals surface area contributed by atoms with Gasteiger partial charge in [0.2, 0.25) is 0 Å². The molecule has 2 rings (SSSR count). The van der Waals surface area contributed by atoms with E-state index < -0.39 is 0 Å². The van der Waals surface area contributed by atoms with E-state index in [2.05, 4.69) is 11.4 Å². The van der Waals surface area contributed by atoms with Crippen LogP contribution in [0.3, 0.4) is 0 Å². The third kappa shape index (κ3) is 2.75. The molecule has 1 aromatic carbocycles. The quantitative estimate of drug-likeness (QED) is 0.870. The topological polar surface area (TPSA) is 35.8 Å². The van der Waals surface area contributed by atoms with Gasteiger partial charge >= 0.3 is 0 Å². The first-order valence-corrected chi connectivity index (χ1v) is 6.08. The first-order valence-electron chi connectivity index (χ1n) is 5.71. The van der Waals surface area contributed by atoms with Crippen LogP contribution in [0.5, 0.6) is 0 Å². The molecule has 0 aromatic heterocycles. The number of nitrogens with one attached hydrogen (secondary N) is 1. The highest BCUT2D eigenvalue weighted by Gasteiger charge is 2.19. The summed E-state index contributed by atoms with van der Waals surface area (Å²) in [5.74, 6) is 0. The van der Waals surface area contributed by atoms with E-state index >= 15 is 0 Å². The Bertz CT molecular complexity index is 374. The molecule has 1 atom stereocenters. The minimum atomic E-state index is -0.208. The van der Waals surface area contributed by atoms with Gasteiger partial charge in [0.25, 0.3) is 0 Å². The van der Waals surface area contributed by atoms with Gasteiger partial charge in [0.05, 0.1) is 6.07 Å². The molecule has 16 heavy (non-hydrogen) atoms. The van der Waals surface area contributed by atoms with E-state index in [1.807, 2.05) is 24.3 Å². The highest BCUT2D eigenvalue weighted by molar-refractivity contribution is 6.30. The van der Waals surface area contributed by atoms with Crippen molar-refractivity contribution in [1.82, 2.24) is 5.32 Å². The number of halogens is 1. The molecule has 0 spiro atoms. The predicted molar refractivity (Wildman–Crippen MR) is 65.2 cm³/mol. The summed E-state index contributed by atoms with van der Waals surface area (Å²) >= 11 is 5.83. The monoisotopic (exact) mass is 234 g/mol. The van der Waals surface area contributed by atoms with Gasteiger partial charge in [0.15, 0.2) is 0 Å². The van der Waals surface area contributed by atoms with E-state index in [9.17, 15) is 0 Å². The summed E-state index contributed by atoms with van der Waals surface area (Å²) in [4.78, 5) is 0. The van der Waals surface area contributed by atoms with E-state index in [4.69, 9.17) is 16.9 Å². The van der Waals surface area contributed by atoms with Crippen molar-refractivity contribution in [3.05, 3.63) is 34.9 Å². The molecule has 1 N–H and O–H groups in total. The van der Waals surface area contributed by atoms with Gasteiger partial charge in [0, 0.05) is 11.1 Å². The maximum Gasteiger partial charge on any atom is 0.121 e. The van der Waals surface area contributed by atoms with Crippen LogP contribution in [0.25, 0.3) is 0 Å². The summed E-state index contributed by atoms with van der Waals surface area (Å²) in [5.41, 5.74) is 0.999. The van der Waals surface area contributed by atoms with Crippen molar-refractivity contribution in [3.63, 3.8) is 0 Å². The summed E-state index contributed by atoms with van der Waals surface area (Å²) in [7, 11) is 0. The molecular formula is C13H15ClN2. The number of hydrogen-bond donors (Lipinski definition) is 1. The highest BCUT2D eigenvalue weighted by atomic mass is 35.5. The summed E-state index contributed by atoms with van der Waals surface area (Å²) < 4.78 is 0. The van der Waals surface area contributed by atoms with Crippen LogP contribution >= 0.6 is 11.6 Å². The van der Waals surface area contributed by atoms with E-state index in [-0.39, 0.29) is 6.04 Å². The fraction of sp³-hybridized carbons (Fsp3) is 0.462. The van der Waals surface area contributed by atoms with E-state index in [0.29, 0.717) is 11.1 Å². The Morgan fingerprint density at radius 2 is 1.88 bits per heavy atom. The minimum absolute atomic E-state index is 0.208. The highest BCUT2D eigenvalue weighted by Crippen LogP contribution is 2.22. The Balaban J connectivity index is 2.04. The molecule has 2 nitrogen and oxygen atoms in total. The second-order valence-electron chi connectivity index (χ2n) is 4.26. The average Bonchev–Trinajstić information content (AvgIpc) is 2.80. The largest absolute Gasteiger partial charge is 0.295 e. The first kappa shape index (κ1) is 11.4. The van der Waals surface area contributed by atoms with Crippen molar-refractivity contribution in [3.8, 4) is 6.07 Å². The Morgan fingerprint density at radius 3 is 2.44 bits per heavy atom. The van der Waals surface area contributed by atoms with E-state index in [1.54, 1.807) is 0 Å². The second kappa shape index (κ2) is 5.34. The van der Waals surface area contributed by atoms with Crippen LogP contribution in [0.2, 0.25) is 5.02 Å².